The third-order valence-electron chi connectivity index (χ3n) is 2.91. The summed E-state index contributed by atoms with van der Waals surface area (Å²) in [5, 5.41) is 8.61. The van der Waals surface area contributed by atoms with E-state index in [9.17, 15) is 4.79 Å². The molecule has 2 rings (SSSR count). The predicted octanol–water partition coefficient (Wildman–Crippen LogP) is -0.199. The maximum absolute atomic E-state index is 10.5. The molecule has 2 unspecified atom stereocenters. The highest BCUT2D eigenvalue weighted by Gasteiger charge is 2.55. The van der Waals surface area contributed by atoms with Crippen LogP contribution in [-0.4, -0.2) is 35.7 Å². The van der Waals surface area contributed by atoms with E-state index in [1.807, 2.05) is 0 Å². The summed E-state index contributed by atoms with van der Waals surface area (Å²) in [6.07, 6.45) is -0.784. The van der Waals surface area contributed by atoms with Crippen LogP contribution in [-0.2, 0) is 0 Å². The Labute approximate surface area is 65.0 Å². The number of nitrogens with two attached hydrogens (primary N) is 1. The SMILES string of the molecule is NCC1C2CN(C(=O)O)CC12. The van der Waals surface area contributed by atoms with Gasteiger partial charge in [0.15, 0.2) is 0 Å². The van der Waals surface area contributed by atoms with E-state index in [4.69, 9.17) is 10.8 Å². The van der Waals surface area contributed by atoms with Crippen molar-refractivity contribution in [2.24, 2.45) is 23.5 Å². The first-order valence-corrected chi connectivity index (χ1v) is 3.92. The number of carboxylic acid groups (broad SMARTS) is 1. The minimum Gasteiger partial charge on any atom is -0.465 e. The third kappa shape index (κ3) is 0.894. The van der Waals surface area contributed by atoms with Crippen LogP contribution in [0, 0.1) is 17.8 Å². The van der Waals surface area contributed by atoms with Crippen LogP contribution in [0.2, 0.25) is 0 Å². The number of piperidine rings is 1. The van der Waals surface area contributed by atoms with Gasteiger partial charge in [-0.05, 0) is 24.3 Å². The summed E-state index contributed by atoms with van der Waals surface area (Å²) in [6, 6.07) is 0. The molecule has 11 heavy (non-hydrogen) atoms. The lowest BCUT2D eigenvalue weighted by Gasteiger charge is -2.14. The molecule has 1 aliphatic carbocycles. The van der Waals surface area contributed by atoms with Crippen molar-refractivity contribution >= 4 is 6.09 Å². The number of likely N-dealkylation sites (tertiary alicyclic amines) is 1. The van der Waals surface area contributed by atoms with Gasteiger partial charge in [-0.15, -0.1) is 0 Å². The van der Waals surface area contributed by atoms with E-state index in [-0.39, 0.29) is 0 Å². The Bertz CT molecular complexity index is 183. The van der Waals surface area contributed by atoms with Crippen LogP contribution in [0.4, 0.5) is 4.79 Å². The van der Waals surface area contributed by atoms with Crippen molar-refractivity contribution < 1.29 is 9.90 Å². The summed E-state index contributed by atoms with van der Waals surface area (Å²) in [4.78, 5) is 11.9. The summed E-state index contributed by atoms with van der Waals surface area (Å²) >= 11 is 0. The molecule has 0 aromatic rings. The van der Waals surface area contributed by atoms with Gasteiger partial charge in [-0.3, -0.25) is 0 Å². The number of hydrogen-bond acceptors (Lipinski definition) is 2. The van der Waals surface area contributed by atoms with Crippen LogP contribution in [0.15, 0.2) is 0 Å². The van der Waals surface area contributed by atoms with Crippen LogP contribution < -0.4 is 5.73 Å². The van der Waals surface area contributed by atoms with Gasteiger partial charge in [0.05, 0.1) is 0 Å². The maximum Gasteiger partial charge on any atom is 0.407 e. The summed E-state index contributed by atoms with van der Waals surface area (Å²) in [5.41, 5.74) is 5.48. The smallest absolute Gasteiger partial charge is 0.407 e. The zero-order chi connectivity index (χ0) is 8.01. The molecule has 1 amide bonds. The Morgan fingerprint density at radius 1 is 1.55 bits per heavy atom. The topological polar surface area (TPSA) is 66.6 Å². The minimum absolute atomic E-state index is 0.580. The zero-order valence-electron chi connectivity index (χ0n) is 6.23. The molecule has 1 aliphatic heterocycles. The van der Waals surface area contributed by atoms with E-state index < -0.39 is 6.09 Å². The van der Waals surface area contributed by atoms with Crippen molar-refractivity contribution in [2.75, 3.05) is 19.6 Å². The first-order chi connectivity index (χ1) is 5.24. The Hall–Kier alpha value is -0.770. The first kappa shape index (κ1) is 6.91. The highest BCUT2D eigenvalue weighted by molar-refractivity contribution is 5.65. The van der Waals surface area contributed by atoms with Gasteiger partial charge in [0.2, 0.25) is 0 Å². The molecule has 1 saturated heterocycles. The fourth-order valence-electron chi connectivity index (χ4n) is 2.16. The number of fused-ring (bicyclic) bond motifs is 1. The molecule has 4 nitrogen and oxygen atoms in total. The molecular weight excluding hydrogens is 144 g/mol. The average molecular weight is 156 g/mol. The van der Waals surface area contributed by atoms with Crippen molar-refractivity contribution in [3.8, 4) is 0 Å². The first-order valence-electron chi connectivity index (χ1n) is 3.92. The lowest BCUT2D eigenvalue weighted by atomic mass is 10.3. The maximum atomic E-state index is 10.5. The number of carbonyl (C=O) groups is 1. The molecule has 0 spiro atoms. The average Bonchev–Trinajstić information content (AvgIpc) is 2.41. The van der Waals surface area contributed by atoms with Crippen molar-refractivity contribution in [2.45, 2.75) is 0 Å². The highest BCUT2D eigenvalue weighted by Crippen LogP contribution is 2.50. The molecule has 0 bridgehead atoms. The third-order valence-corrected chi connectivity index (χ3v) is 2.91. The molecule has 0 aromatic carbocycles. The van der Waals surface area contributed by atoms with Gasteiger partial charge in [0.25, 0.3) is 0 Å². The quantitative estimate of drug-likeness (QED) is 0.552. The largest absolute Gasteiger partial charge is 0.465 e. The Kier molecular flexibility index (Phi) is 1.32. The lowest BCUT2D eigenvalue weighted by molar-refractivity contribution is 0.148. The van der Waals surface area contributed by atoms with Gasteiger partial charge in [0.1, 0.15) is 0 Å². The van der Waals surface area contributed by atoms with Gasteiger partial charge < -0.3 is 15.7 Å². The molecule has 4 heteroatoms. The molecule has 62 valence electrons. The minimum atomic E-state index is -0.784. The fraction of sp³-hybridized carbons (Fsp3) is 0.857. The summed E-state index contributed by atoms with van der Waals surface area (Å²) in [6.45, 7) is 2.15. The molecule has 2 aliphatic rings. The number of nitrogens with zero attached hydrogens (tertiary/aromatic N) is 1. The summed E-state index contributed by atoms with van der Waals surface area (Å²) in [5.74, 6) is 1.78. The fourth-order valence-corrected chi connectivity index (χ4v) is 2.16. The van der Waals surface area contributed by atoms with E-state index in [0.717, 1.165) is 6.54 Å². The van der Waals surface area contributed by atoms with Gasteiger partial charge in [-0.1, -0.05) is 0 Å². The molecule has 3 N–H and O–H groups in total. The van der Waals surface area contributed by atoms with Crippen molar-refractivity contribution in [1.29, 1.82) is 0 Å². The molecule has 0 aromatic heterocycles. The van der Waals surface area contributed by atoms with E-state index >= 15 is 0 Å². The standard InChI is InChI=1S/C7H12N2O2/c8-1-4-5-2-9(7(10)11)3-6(4)5/h4-6H,1-3,8H2,(H,10,11). The molecule has 1 saturated carbocycles. The van der Waals surface area contributed by atoms with E-state index in [0.29, 0.717) is 30.8 Å². The molecule has 2 fully saturated rings. The van der Waals surface area contributed by atoms with Crippen molar-refractivity contribution in [1.82, 2.24) is 4.90 Å². The van der Waals surface area contributed by atoms with Crippen LogP contribution in [0.3, 0.4) is 0 Å². The van der Waals surface area contributed by atoms with Gasteiger partial charge in [-0.2, -0.15) is 0 Å². The number of amides is 1. The summed E-state index contributed by atoms with van der Waals surface area (Å²) in [7, 11) is 0. The van der Waals surface area contributed by atoms with Crippen LogP contribution in [0.1, 0.15) is 0 Å². The van der Waals surface area contributed by atoms with E-state index in [2.05, 4.69) is 0 Å². The predicted molar refractivity (Wildman–Crippen MR) is 39.1 cm³/mol. The second-order valence-corrected chi connectivity index (χ2v) is 3.41. The molecule has 0 radical (unpaired) electrons. The normalized spacial score (nSPS) is 40.5. The second-order valence-electron chi connectivity index (χ2n) is 3.41. The Balaban J connectivity index is 1.89. The molecular formula is C7H12N2O2. The molecule has 2 atom stereocenters. The van der Waals surface area contributed by atoms with Gasteiger partial charge >= 0.3 is 6.09 Å². The second kappa shape index (κ2) is 2.11. The summed E-state index contributed by atoms with van der Waals surface area (Å²) < 4.78 is 0. The zero-order valence-corrected chi connectivity index (χ0v) is 6.23. The van der Waals surface area contributed by atoms with Crippen LogP contribution in [0.25, 0.3) is 0 Å². The van der Waals surface area contributed by atoms with E-state index in [1.165, 1.54) is 4.90 Å². The Morgan fingerprint density at radius 2 is 2.09 bits per heavy atom. The van der Waals surface area contributed by atoms with Crippen molar-refractivity contribution in [3.63, 3.8) is 0 Å². The monoisotopic (exact) mass is 156 g/mol. The number of hydrogen-bond donors (Lipinski definition) is 2. The van der Waals surface area contributed by atoms with Gasteiger partial charge in [0, 0.05) is 13.1 Å². The highest BCUT2D eigenvalue weighted by atomic mass is 16.4. The van der Waals surface area contributed by atoms with Crippen LogP contribution >= 0.6 is 0 Å². The molecule has 1 heterocycles. The van der Waals surface area contributed by atoms with Crippen LogP contribution in [0.5, 0.6) is 0 Å². The lowest BCUT2D eigenvalue weighted by Crippen LogP contribution is -2.30. The van der Waals surface area contributed by atoms with E-state index in [1.54, 1.807) is 0 Å². The Morgan fingerprint density at radius 3 is 2.45 bits per heavy atom. The van der Waals surface area contributed by atoms with Crippen molar-refractivity contribution in [3.05, 3.63) is 0 Å². The number of rotatable bonds is 1. The van der Waals surface area contributed by atoms with Gasteiger partial charge in [-0.25, -0.2) is 4.79 Å².